The van der Waals surface area contributed by atoms with Crippen LogP contribution in [0.3, 0.4) is 0 Å². The van der Waals surface area contributed by atoms with Gasteiger partial charge in [-0.05, 0) is 111 Å². The second-order valence-corrected chi connectivity index (χ2v) is 20.5. The largest absolute Gasteiger partial charge is 0.481 e. The summed E-state index contributed by atoms with van der Waals surface area (Å²) in [6, 6.07) is 0. The Balaban J connectivity index is 1.19. The van der Waals surface area contributed by atoms with Gasteiger partial charge in [0.25, 0.3) is 0 Å². The number of carboxylic acid groups (broad SMARTS) is 2. The number of allylic oxidation sites excluding steroid dienone is 2. The number of carbonyl (C=O) groups excluding carboxylic acids is 1. The van der Waals surface area contributed by atoms with Crippen molar-refractivity contribution in [1.82, 2.24) is 0 Å². The number of carboxylic acids is 2. The van der Waals surface area contributed by atoms with E-state index in [9.17, 15) is 60.3 Å². The number of aliphatic carboxylic acids is 2. The summed E-state index contributed by atoms with van der Waals surface area (Å²) >= 11 is 0. The van der Waals surface area contributed by atoms with Crippen LogP contribution in [-0.4, -0.2) is 138 Å². The highest BCUT2D eigenvalue weighted by molar-refractivity contribution is 5.79. The van der Waals surface area contributed by atoms with Crippen LogP contribution in [0.2, 0.25) is 0 Å². The molecule has 0 amide bonds. The molecule has 0 aromatic heterocycles. The van der Waals surface area contributed by atoms with Gasteiger partial charge in [-0.2, -0.15) is 0 Å². The summed E-state index contributed by atoms with van der Waals surface area (Å²) in [5.41, 5.74) is -2.56. The molecule has 0 aromatic carbocycles. The van der Waals surface area contributed by atoms with E-state index in [-0.39, 0.29) is 34.5 Å². The minimum absolute atomic E-state index is 0.0298. The van der Waals surface area contributed by atoms with Gasteiger partial charge in [-0.3, -0.25) is 9.59 Å². The molecule has 58 heavy (non-hydrogen) atoms. The Morgan fingerprint density at radius 2 is 1.38 bits per heavy atom. The number of ether oxygens (including phenoxy) is 4. The van der Waals surface area contributed by atoms with Crippen LogP contribution in [0.1, 0.15) is 106 Å². The summed E-state index contributed by atoms with van der Waals surface area (Å²) < 4.78 is 23.2. The molecule has 0 unspecified atom stereocenters. The van der Waals surface area contributed by atoms with Gasteiger partial charge in [0, 0.05) is 0 Å². The highest BCUT2D eigenvalue weighted by atomic mass is 16.7. The predicted molar refractivity (Wildman–Crippen MR) is 200 cm³/mol. The molecule has 19 atom stereocenters. The number of esters is 1. The van der Waals surface area contributed by atoms with E-state index in [4.69, 9.17) is 18.9 Å². The summed E-state index contributed by atoms with van der Waals surface area (Å²) in [5.74, 6) is -3.78. The van der Waals surface area contributed by atoms with Crippen LogP contribution in [-0.2, 0) is 33.3 Å². The first-order chi connectivity index (χ1) is 26.9. The lowest BCUT2D eigenvalue weighted by molar-refractivity contribution is -0.323. The Labute approximate surface area is 338 Å². The zero-order valence-corrected chi connectivity index (χ0v) is 34.3. The summed E-state index contributed by atoms with van der Waals surface area (Å²) in [4.78, 5) is 39.9. The lowest BCUT2D eigenvalue weighted by atomic mass is 9.33. The van der Waals surface area contributed by atoms with Gasteiger partial charge in [-0.1, -0.05) is 46.3 Å². The third-order valence-electron chi connectivity index (χ3n) is 17.3. The Bertz CT molecular complexity index is 1670. The van der Waals surface area contributed by atoms with Gasteiger partial charge < -0.3 is 64.9 Å². The number of carbonyl (C=O) groups is 3. The third kappa shape index (κ3) is 6.25. The number of fused-ring (bicyclic) bond motifs is 7. The van der Waals surface area contributed by atoms with E-state index >= 15 is 0 Å². The van der Waals surface area contributed by atoms with Crippen LogP contribution >= 0.6 is 0 Å². The second kappa shape index (κ2) is 14.7. The van der Waals surface area contributed by atoms with Gasteiger partial charge >= 0.3 is 17.9 Å². The fraction of sp³-hybridized carbons (Fsp3) is 0.881. The van der Waals surface area contributed by atoms with Crippen molar-refractivity contribution in [3.05, 3.63) is 11.6 Å². The molecule has 16 heteroatoms. The molecule has 2 heterocycles. The molecule has 0 radical (unpaired) electrons. The first-order valence-electron chi connectivity index (χ1n) is 21.0. The highest BCUT2D eigenvalue weighted by Crippen LogP contribution is 2.76. The number of hydrogen-bond acceptors (Lipinski definition) is 14. The molecule has 328 valence electrons. The molecule has 7 aliphatic rings. The molecule has 16 nitrogen and oxygen atoms in total. The average Bonchev–Trinajstić information content (AvgIpc) is 3.15. The van der Waals surface area contributed by atoms with Crippen LogP contribution in [0.4, 0.5) is 0 Å². The topological polar surface area (TPSA) is 270 Å². The summed E-state index contributed by atoms with van der Waals surface area (Å²) in [5, 5.41) is 93.4. The van der Waals surface area contributed by atoms with Crippen molar-refractivity contribution in [3.8, 4) is 0 Å². The Hall–Kier alpha value is -2.25. The quantitative estimate of drug-likeness (QED) is 0.1000. The van der Waals surface area contributed by atoms with Crippen molar-refractivity contribution in [2.75, 3.05) is 6.61 Å². The fourth-order valence-electron chi connectivity index (χ4n) is 13.5. The smallest absolute Gasteiger partial charge is 0.335 e. The molecule has 0 aromatic rings. The normalized spacial score (nSPS) is 52.5. The second-order valence-electron chi connectivity index (χ2n) is 20.5. The van der Waals surface area contributed by atoms with Crippen molar-refractivity contribution in [3.63, 3.8) is 0 Å². The van der Waals surface area contributed by atoms with Gasteiger partial charge in [-0.15, -0.1) is 0 Å². The number of aliphatic hydroxyl groups is 7. The SMILES string of the molecule is CC1(C)CC[C@]2(C(=O)O[C@@H]3O[C@H](CO)[C@@H](O)[C@H](O)[C@H]3O)CC[C@]3(C)C(=CC[C@@H]4[C@@]5(C)CC[C@H](O[C@@H]6O[C@H](C(=O)O)[C@@H](O)[C@H](O)[C@H]6O)[C@@](C)(C(=O)O)[C@@H]5CC[C@]43C)[C@@H]2C1. The molecule has 4 saturated carbocycles. The predicted octanol–water partition coefficient (Wildman–Crippen LogP) is 1.47. The Morgan fingerprint density at radius 1 is 0.741 bits per heavy atom. The third-order valence-corrected chi connectivity index (χ3v) is 17.3. The molecule has 2 aliphatic heterocycles. The summed E-state index contributed by atoms with van der Waals surface area (Å²) in [7, 11) is 0. The van der Waals surface area contributed by atoms with Crippen LogP contribution in [0, 0.1) is 50.2 Å². The van der Waals surface area contributed by atoms with Crippen molar-refractivity contribution in [2.45, 2.75) is 173 Å². The van der Waals surface area contributed by atoms with Gasteiger partial charge in [0.1, 0.15) is 42.7 Å². The molecular weight excluding hydrogens is 760 g/mol. The maximum absolute atomic E-state index is 14.6. The first kappa shape index (κ1) is 43.8. The number of aliphatic hydroxyl groups excluding tert-OH is 7. The van der Waals surface area contributed by atoms with Crippen LogP contribution in [0.15, 0.2) is 11.6 Å². The van der Waals surface area contributed by atoms with Gasteiger partial charge in [0.05, 0.1) is 23.5 Å². The first-order valence-corrected chi connectivity index (χ1v) is 21.0. The van der Waals surface area contributed by atoms with Crippen LogP contribution < -0.4 is 0 Å². The van der Waals surface area contributed by atoms with E-state index in [1.54, 1.807) is 6.92 Å². The monoisotopic (exact) mass is 824 g/mol. The zero-order valence-electron chi connectivity index (χ0n) is 34.3. The van der Waals surface area contributed by atoms with Crippen LogP contribution in [0.25, 0.3) is 0 Å². The molecule has 0 spiro atoms. The number of rotatable bonds is 7. The van der Waals surface area contributed by atoms with Gasteiger partial charge in [-0.25, -0.2) is 4.79 Å². The molecule has 6 fully saturated rings. The van der Waals surface area contributed by atoms with E-state index in [1.165, 1.54) is 5.57 Å². The highest BCUT2D eigenvalue weighted by Gasteiger charge is 2.71. The molecule has 0 bridgehead atoms. The van der Waals surface area contributed by atoms with Crippen molar-refractivity contribution < 1.29 is 79.3 Å². The number of hydrogen-bond donors (Lipinski definition) is 9. The van der Waals surface area contributed by atoms with Gasteiger partial charge in [0.15, 0.2) is 12.4 Å². The minimum atomic E-state index is -1.91. The molecule has 2 saturated heterocycles. The summed E-state index contributed by atoms with van der Waals surface area (Å²) in [6.45, 7) is 12.2. The average molecular weight is 825 g/mol. The fourth-order valence-corrected chi connectivity index (χ4v) is 13.5. The molecule has 5 aliphatic carbocycles. The lowest BCUT2D eigenvalue weighted by Gasteiger charge is -2.71. The lowest BCUT2D eigenvalue weighted by Crippen LogP contribution is -2.68. The van der Waals surface area contributed by atoms with E-state index in [0.717, 1.165) is 6.42 Å². The Kier molecular flexibility index (Phi) is 11.1. The van der Waals surface area contributed by atoms with E-state index in [1.807, 2.05) is 0 Å². The molecule has 9 N–H and O–H groups in total. The standard InChI is InChI=1S/C42H64O16/c1-37(2)13-15-42(36(54)58-33-29(48)26(45)25(44)21(18-43)55-33)16-14-39(4)19(20(42)17-37)7-8-22-38(3)11-10-24(41(6,35(52)53)23(38)9-12-40(22,39)5)56-34-30(49)27(46)28(47)31(57-34)32(50)51/h7,20-31,33-34,43-49H,8-18H2,1-6H3,(H,50,51)(H,52,53)/t20-,21+,22+,23+,24-,25+,26-,27-,28-,29+,30+,31-,33-,34+,38+,39+,40+,41-,42-/m0/s1. The minimum Gasteiger partial charge on any atom is -0.481 e. The Morgan fingerprint density at radius 3 is 2.02 bits per heavy atom. The summed E-state index contributed by atoms with van der Waals surface area (Å²) in [6.07, 6.45) is -9.90. The zero-order chi connectivity index (χ0) is 42.7. The maximum atomic E-state index is 14.6. The van der Waals surface area contributed by atoms with Crippen molar-refractivity contribution >= 4 is 17.9 Å². The molecule has 7 rings (SSSR count). The molecular formula is C42H64O16. The van der Waals surface area contributed by atoms with Crippen molar-refractivity contribution in [1.29, 1.82) is 0 Å². The van der Waals surface area contributed by atoms with Gasteiger partial charge in [0.2, 0.25) is 6.29 Å². The van der Waals surface area contributed by atoms with E-state index < -0.39 is 114 Å². The van der Waals surface area contributed by atoms with Crippen LogP contribution in [0.5, 0.6) is 0 Å². The maximum Gasteiger partial charge on any atom is 0.335 e. The van der Waals surface area contributed by atoms with E-state index in [0.29, 0.717) is 51.4 Å². The van der Waals surface area contributed by atoms with E-state index in [2.05, 4.69) is 40.7 Å². The van der Waals surface area contributed by atoms with Crippen molar-refractivity contribution in [2.24, 2.45) is 50.2 Å².